The maximum atomic E-state index is 12.6. The molecule has 2 amide bonds. The molecule has 1 saturated heterocycles. The van der Waals surface area contributed by atoms with Gasteiger partial charge in [0, 0.05) is 44.2 Å². The molecule has 1 fully saturated rings. The SMILES string of the molecule is CCN(CC)S(=O)(=O)N1CCN(CC(=O)Nc2ccccc2SCC(N)=O)CC1. The van der Waals surface area contributed by atoms with Gasteiger partial charge in [-0.1, -0.05) is 26.0 Å². The van der Waals surface area contributed by atoms with Crippen molar-refractivity contribution in [3.8, 4) is 0 Å². The van der Waals surface area contributed by atoms with Crippen LogP contribution < -0.4 is 11.1 Å². The molecule has 1 aromatic rings. The molecular weight excluding hydrogens is 414 g/mol. The zero-order chi connectivity index (χ0) is 21.4. The number of nitrogens with one attached hydrogen (secondary N) is 1. The average Bonchev–Trinajstić information content (AvgIpc) is 2.68. The van der Waals surface area contributed by atoms with Gasteiger partial charge < -0.3 is 11.1 Å². The summed E-state index contributed by atoms with van der Waals surface area (Å²) in [6.45, 7) is 6.39. The fourth-order valence-electron chi connectivity index (χ4n) is 3.07. The van der Waals surface area contributed by atoms with E-state index in [2.05, 4.69) is 5.32 Å². The van der Waals surface area contributed by atoms with E-state index < -0.39 is 16.1 Å². The van der Waals surface area contributed by atoms with Gasteiger partial charge in [-0.3, -0.25) is 14.5 Å². The van der Waals surface area contributed by atoms with Crippen LogP contribution >= 0.6 is 11.8 Å². The zero-order valence-corrected chi connectivity index (χ0v) is 18.5. The van der Waals surface area contributed by atoms with Crippen molar-refractivity contribution in [1.29, 1.82) is 0 Å². The normalized spacial score (nSPS) is 16.1. The van der Waals surface area contributed by atoms with Gasteiger partial charge in [0.15, 0.2) is 0 Å². The summed E-state index contributed by atoms with van der Waals surface area (Å²) in [7, 11) is -3.44. The number of piperazine rings is 1. The smallest absolute Gasteiger partial charge is 0.282 e. The molecule has 0 spiro atoms. The van der Waals surface area contributed by atoms with Crippen LogP contribution in [0.5, 0.6) is 0 Å². The molecule has 3 N–H and O–H groups in total. The van der Waals surface area contributed by atoms with E-state index in [9.17, 15) is 18.0 Å². The molecule has 0 radical (unpaired) electrons. The maximum absolute atomic E-state index is 12.6. The van der Waals surface area contributed by atoms with Crippen LogP contribution in [-0.2, 0) is 19.8 Å². The molecule has 2 rings (SSSR count). The van der Waals surface area contributed by atoms with Crippen LogP contribution in [0.15, 0.2) is 29.2 Å². The highest BCUT2D eigenvalue weighted by Crippen LogP contribution is 2.26. The fraction of sp³-hybridized carbons (Fsp3) is 0.556. The molecule has 0 atom stereocenters. The second-order valence-electron chi connectivity index (χ2n) is 6.57. The largest absolute Gasteiger partial charge is 0.369 e. The van der Waals surface area contributed by atoms with Gasteiger partial charge in [0.25, 0.3) is 10.2 Å². The number of nitrogens with two attached hydrogens (primary N) is 1. The standard InChI is InChI=1S/C18H29N5O4S2/c1-3-22(4-2)29(26,27)23-11-9-21(10-12-23)13-18(25)20-15-7-5-6-8-16(15)28-14-17(19)24/h5-8H,3-4,9-14H2,1-2H3,(H2,19,24)(H,20,25). The third kappa shape index (κ3) is 6.68. The monoisotopic (exact) mass is 443 g/mol. The number of amides is 2. The van der Waals surface area contributed by atoms with E-state index in [0.717, 1.165) is 4.90 Å². The Bertz CT molecular complexity index is 806. The van der Waals surface area contributed by atoms with Crippen LogP contribution in [-0.4, -0.2) is 85.3 Å². The number of carbonyl (C=O) groups excluding carboxylic acids is 2. The van der Waals surface area contributed by atoms with Gasteiger partial charge in [-0.15, -0.1) is 11.8 Å². The van der Waals surface area contributed by atoms with Crippen LogP contribution in [0.25, 0.3) is 0 Å². The number of benzene rings is 1. The molecule has 1 aliphatic rings. The predicted octanol–water partition coefficient (Wildman–Crippen LogP) is 0.407. The second kappa shape index (κ2) is 10.9. The average molecular weight is 444 g/mol. The Hall–Kier alpha value is -1.66. The first-order valence-corrected chi connectivity index (χ1v) is 11.9. The Morgan fingerprint density at radius 1 is 1.14 bits per heavy atom. The molecule has 1 aliphatic heterocycles. The molecule has 0 bridgehead atoms. The minimum absolute atomic E-state index is 0.135. The number of primary amides is 1. The summed E-state index contributed by atoms with van der Waals surface area (Å²) in [5.41, 5.74) is 5.82. The molecule has 9 nitrogen and oxygen atoms in total. The molecule has 0 saturated carbocycles. The Kier molecular flexibility index (Phi) is 8.90. The highest BCUT2D eigenvalue weighted by molar-refractivity contribution is 8.00. The number of thioether (sulfide) groups is 1. The first-order chi connectivity index (χ1) is 13.8. The van der Waals surface area contributed by atoms with Crippen LogP contribution in [0.1, 0.15) is 13.8 Å². The Labute approximate surface area is 176 Å². The summed E-state index contributed by atoms with van der Waals surface area (Å²) >= 11 is 1.27. The van der Waals surface area contributed by atoms with E-state index >= 15 is 0 Å². The van der Waals surface area contributed by atoms with Gasteiger partial charge in [-0.25, -0.2) is 0 Å². The quantitative estimate of drug-likeness (QED) is 0.506. The van der Waals surface area contributed by atoms with E-state index in [0.29, 0.717) is 45.0 Å². The van der Waals surface area contributed by atoms with Gasteiger partial charge in [-0.2, -0.15) is 17.0 Å². The minimum Gasteiger partial charge on any atom is -0.369 e. The second-order valence-corrected chi connectivity index (χ2v) is 9.51. The van der Waals surface area contributed by atoms with Crippen molar-refractivity contribution in [2.24, 2.45) is 5.73 Å². The lowest BCUT2D eigenvalue weighted by molar-refractivity contribution is -0.117. The van der Waals surface area contributed by atoms with Crippen LogP contribution in [0.4, 0.5) is 5.69 Å². The maximum Gasteiger partial charge on any atom is 0.282 e. The van der Waals surface area contributed by atoms with Crippen molar-refractivity contribution in [1.82, 2.24) is 13.5 Å². The van der Waals surface area contributed by atoms with E-state index in [1.807, 2.05) is 30.9 Å². The van der Waals surface area contributed by atoms with Crippen LogP contribution in [0, 0.1) is 0 Å². The number of para-hydroxylation sites is 1. The van der Waals surface area contributed by atoms with Gasteiger partial charge in [0.1, 0.15) is 0 Å². The number of nitrogens with zero attached hydrogens (tertiary/aromatic N) is 3. The summed E-state index contributed by atoms with van der Waals surface area (Å²) in [6, 6.07) is 7.23. The van der Waals surface area contributed by atoms with E-state index in [1.165, 1.54) is 20.4 Å². The topological polar surface area (TPSA) is 116 Å². The summed E-state index contributed by atoms with van der Waals surface area (Å²) in [5.74, 6) is -0.471. The van der Waals surface area contributed by atoms with Crippen molar-refractivity contribution in [3.05, 3.63) is 24.3 Å². The van der Waals surface area contributed by atoms with Gasteiger partial charge in [0.05, 0.1) is 18.0 Å². The first-order valence-electron chi connectivity index (χ1n) is 9.55. The van der Waals surface area contributed by atoms with Crippen molar-refractivity contribution in [2.75, 3.05) is 56.9 Å². The fourth-order valence-corrected chi connectivity index (χ4v) is 5.42. The van der Waals surface area contributed by atoms with Gasteiger partial charge in [0.2, 0.25) is 11.8 Å². The molecule has 29 heavy (non-hydrogen) atoms. The summed E-state index contributed by atoms with van der Waals surface area (Å²) in [5, 5.41) is 2.87. The number of anilines is 1. The molecule has 0 aliphatic carbocycles. The summed E-state index contributed by atoms with van der Waals surface area (Å²) in [4.78, 5) is 26.2. The van der Waals surface area contributed by atoms with Crippen LogP contribution in [0.2, 0.25) is 0 Å². The third-order valence-electron chi connectivity index (χ3n) is 4.59. The Morgan fingerprint density at radius 3 is 2.34 bits per heavy atom. The highest BCUT2D eigenvalue weighted by Gasteiger charge is 2.31. The number of rotatable bonds is 10. The summed E-state index contributed by atoms with van der Waals surface area (Å²) < 4.78 is 28.1. The molecule has 11 heteroatoms. The number of carbonyl (C=O) groups is 2. The number of hydrogen-bond acceptors (Lipinski definition) is 6. The molecule has 0 aromatic heterocycles. The van der Waals surface area contributed by atoms with E-state index in [-0.39, 0.29) is 18.2 Å². The zero-order valence-electron chi connectivity index (χ0n) is 16.8. The minimum atomic E-state index is -3.44. The van der Waals surface area contributed by atoms with Gasteiger partial charge >= 0.3 is 0 Å². The first kappa shape index (κ1) is 23.6. The lowest BCUT2D eigenvalue weighted by atomic mass is 10.3. The molecular formula is C18H29N5O4S2. The summed E-state index contributed by atoms with van der Waals surface area (Å²) in [6.07, 6.45) is 0. The Balaban J connectivity index is 1.89. The molecule has 1 heterocycles. The van der Waals surface area contributed by atoms with Crippen molar-refractivity contribution in [2.45, 2.75) is 18.7 Å². The third-order valence-corrected chi connectivity index (χ3v) is 7.87. The number of hydrogen-bond donors (Lipinski definition) is 2. The van der Waals surface area contributed by atoms with Gasteiger partial charge in [-0.05, 0) is 12.1 Å². The lowest BCUT2D eigenvalue weighted by Gasteiger charge is -2.35. The van der Waals surface area contributed by atoms with Crippen molar-refractivity contribution < 1.29 is 18.0 Å². The van der Waals surface area contributed by atoms with Crippen molar-refractivity contribution >= 4 is 39.5 Å². The Morgan fingerprint density at radius 2 is 1.76 bits per heavy atom. The molecule has 1 aromatic carbocycles. The lowest BCUT2D eigenvalue weighted by Crippen LogP contribution is -2.54. The predicted molar refractivity (Wildman–Crippen MR) is 115 cm³/mol. The van der Waals surface area contributed by atoms with Crippen LogP contribution in [0.3, 0.4) is 0 Å². The van der Waals surface area contributed by atoms with E-state index in [4.69, 9.17) is 5.73 Å². The molecule has 162 valence electrons. The highest BCUT2D eigenvalue weighted by atomic mass is 32.2. The van der Waals surface area contributed by atoms with Crippen molar-refractivity contribution in [3.63, 3.8) is 0 Å². The van der Waals surface area contributed by atoms with E-state index in [1.54, 1.807) is 12.1 Å². The molecule has 0 unspecified atom stereocenters.